The Labute approximate surface area is 187 Å². The first-order valence-corrected chi connectivity index (χ1v) is 10.7. The maximum atomic E-state index is 12.7. The Hall–Kier alpha value is -3.93. The lowest BCUT2D eigenvalue weighted by atomic mass is 10.2. The number of para-hydroxylation sites is 2. The number of amides is 2. The van der Waals surface area contributed by atoms with E-state index in [0.29, 0.717) is 18.5 Å². The lowest BCUT2D eigenvalue weighted by Crippen LogP contribution is -2.25. The van der Waals surface area contributed by atoms with Crippen molar-refractivity contribution >= 4 is 28.5 Å². The number of hydrogen-bond acceptors (Lipinski definition) is 3. The van der Waals surface area contributed by atoms with Crippen LogP contribution >= 0.6 is 0 Å². The average Bonchev–Trinajstić information content (AvgIpc) is 3.14. The fourth-order valence-electron chi connectivity index (χ4n) is 3.70. The van der Waals surface area contributed by atoms with Gasteiger partial charge in [-0.25, -0.2) is 4.98 Å². The molecule has 4 rings (SSSR count). The van der Waals surface area contributed by atoms with E-state index in [-0.39, 0.29) is 18.4 Å². The third kappa shape index (κ3) is 5.21. The number of anilines is 1. The number of carbonyl (C=O) groups excluding carboxylic acids is 2. The molecular formula is C26H26N4O2. The zero-order valence-corrected chi connectivity index (χ0v) is 18.0. The van der Waals surface area contributed by atoms with Gasteiger partial charge in [-0.3, -0.25) is 9.59 Å². The Morgan fingerprint density at radius 2 is 1.72 bits per heavy atom. The van der Waals surface area contributed by atoms with Crippen molar-refractivity contribution in [2.75, 3.05) is 11.9 Å². The van der Waals surface area contributed by atoms with E-state index in [1.54, 1.807) is 12.1 Å². The summed E-state index contributed by atoms with van der Waals surface area (Å²) in [5, 5.41) is 5.91. The van der Waals surface area contributed by atoms with Crippen molar-refractivity contribution in [3.05, 3.63) is 95.8 Å². The molecule has 3 aromatic carbocycles. The van der Waals surface area contributed by atoms with Crippen molar-refractivity contribution in [2.24, 2.45) is 0 Å². The van der Waals surface area contributed by atoms with Crippen LogP contribution in [0.1, 0.15) is 28.2 Å². The van der Waals surface area contributed by atoms with E-state index in [9.17, 15) is 9.59 Å². The van der Waals surface area contributed by atoms with Crippen molar-refractivity contribution in [3.63, 3.8) is 0 Å². The van der Waals surface area contributed by atoms with Gasteiger partial charge in [0.25, 0.3) is 5.91 Å². The van der Waals surface area contributed by atoms with Gasteiger partial charge in [-0.1, -0.05) is 42.5 Å². The second-order valence-corrected chi connectivity index (χ2v) is 7.75. The number of nitrogens with zero attached hydrogens (tertiary/aromatic N) is 2. The van der Waals surface area contributed by atoms with Crippen LogP contribution in [0.2, 0.25) is 0 Å². The predicted octanol–water partition coefficient (Wildman–Crippen LogP) is 4.35. The number of hydrogen-bond donors (Lipinski definition) is 2. The van der Waals surface area contributed by atoms with E-state index in [1.165, 1.54) is 0 Å². The fourth-order valence-corrected chi connectivity index (χ4v) is 3.70. The van der Waals surface area contributed by atoms with E-state index >= 15 is 0 Å². The number of rotatable bonds is 8. The van der Waals surface area contributed by atoms with Crippen LogP contribution in [0, 0.1) is 6.92 Å². The minimum Gasteiger partial charge on any atom is -0.352 e. The van der Waals surface area contributed by atoms with E-state index in [0.717, 1.165) is 34.5 Å². The zero-order chi connectivity index (χ0) is 22.3. The molecule has 0 saturated carbocycles. The zero-order valence-electron chi connectivity index (χ0n) is 18.0. The molecule has 0 atom stereocenters. The summed E-state index contributed by atoms with van der Waals surface area (Å²) in [4.78, 5) is 29.7. The van der Waals surface area contributed by atoms with E-state index < -0.39 is 0 Å². The smallest absolute Gasteiger partial charge is 0.251 e. The first-order valence-electron chi connectivity index (χ1n) is 10.7. The van der Waals surface area contributed by atoms with Crippen molar-refractivity contribution < 1.29 is 9.59 Å². The maximum Gasteiger partial charge on any atom is 0.251 e. The topological polar surface area (TPSA) is 76.0 Å². The number of benzene rings is 3. The first-order chi connectivity index (χ1) is 15.6. The Morgan fingerprint density at radius 1 is 0.938 bits per heavy atom. The number of imidazole rings is 1. The molecule has 162 valence electrons. The maximum absolute atomic E-state index is 12.7. The minimum absolute atomic E-state index is 0.0864. The summed E-state index contributed by atoms with van der Waals surface area (Å²) < 4.78 is 1.96. The van der Waals surface area contributed by atoms with Gasteiger partial charge in [0, 0.05) is 24.2 Å². The molecule has 0 bridgehead atoms. The monoisotopic (exact) mass is 426 g/mol. The van der Waals surface area contributed by atoms with Crippen molar-refractivity contribution in [2.45, 2.75) is 26.3 Å². The van der Waals surface area contributed by atoms with E-state index in [4.69, 9.17) is 4.98 Å². The summed E-state index contributed by atoms with van der Waals surface area (Å²) in [6, 6.07) is 24.7. The molecule has 1 aromatic heterocycles. The van der Waals surface area contributed by atoms with Gasteiger partial charge in [0.05, 0.1) is 11.0 Å². The van der Waals surface area contributed by atoms with Crippen LogP contribution in [0.25, 0.3) is 11.0 Å². The van der Waals surface area contributed by atoms with E-state index in [1.807, 2.05) is 78.2 Å². The van der Waals surface area contributed by atoms with Gasteiger partial charge in [0.2, 0.25) is 5.91 Å². The quantitative estimate of drug-likeness (QED) is 0.412. The summed E-state index contributed by atoms with van der Waals surface area (Å²) in [5.74, 6) is 0.647. The highest BCUT2D eigenvalue weighted by atomic mass is 16.2. The van der Waals surface area contributed by atoms with Crippen molar-refractivity contribution in [3.8, 4) is 0 Å². The Morgan fingerprint density at radius 3 is 2.53 bits per heavy atom. The highest BCUT2D eigenvalue weighted by molar-refractivity contribution is 5.94. The number of aromatic nitrogens is 2. The fraction of sp³-hybridized carbons (Fsp3) is 0.192. The molecular weight excluding hydrogens is 400 g/mol. The van der Waals surface area contributed by atoms with Crippen LogP contribution in [0.15, 0.2) is 78.9 Å². The number of nitrogens with one attached hydrogen (secondary N) is 2. The summed E-state index contributed by atoms with van der Waals surface area (Å²) in [5.41, 5.74) is 4.31. The SMILES string of the molecule is Cc1cccc(NC(=O)Cn2c(CCCNC(=O)c3ccccc3)nc3ccccc32)c1. The van der Waals surface area contributed by atoms with Crippen LogP contribution in [-0.4, -0.2) is 27.9 Å². The molecule has 32 heavy (non-hydrogen) atoms. The average molecular weight is 427 g/mol. The Balaban J connectivity index is 1.42. The molecule has 2 amide bonds. The molecule has 0 spiro atoms. The lowest BCUT2D eigenvalue weighted by Gasteiger charge is -2.11. The highest BCUT2D eigenvalue weighted by Crippen LogP contribution is 2.18. The number of fused-ring (bicyclic) bond motifs is 1. The van der Waals surface area contributed by atoms with Crippen molar-refractivity contribution in [1.29, 1.82) is 0 Å². The van der Waals surface area contributed by atoms with Gasteiger partial charge in [0.15, 0.2) is 0 Å². The first kappa shape index (κ1) is 21.3. The molecule has 4 aromatic rings. The van der Waals surface area contributed by atoms with Gasteiger partial charge >= 0.3 is 0 Å². The number of carbonyl (C=O) groups is 2. The van der Waals surface area contributed by atoms with Gasteiger partial charge in [-0.2, -0.15) is 0 Å². The minimum atomic E-state index is -0.0996. The van der Waals surface area contributed by atoms with Crippen LogP contribution in [-0.2, 0) is 17.8 Å². The molecule has 0 aliphatic rings. The van der Waals surface area contributed by atoms with Crippen LogP contribution in [0.4, 0.5) is 5.69 Å². The van der Waals surface area contributed by atoms with E-state index in [2.05, 4.69) is 10.6 Å². The van der Waals surface area contributed by atoms with Gasteiger partial charge in [-0.05, 0) is 55.3 Å². The van der Waals surface area contributed by atoms with Crippen LogP contribution < -0.4 is 10.6 Å². The van der Waals surface area contributed by atoms with Gasteiger partial charge < -0.3 is 15.2 Å². The third-order valence-corrected chi connectivity index (χ3v) is 5.24. The normalized spacial score (nSPS) is 10.8. The molecule has 0 saturated heterocycles. The molecule has 6 heteroatoms. The van der Waals surface area contributed by atoms with Gasteiger partial charge in [-0.15, -0.1) is 0 Å². The van der Waals surface area contributed by atoms with Crippen LogP contribution in [0.5, 0.6) is 0 Å². The van der Waals surface area contributed by atoms with Gasteiger partial charge in [0.1, 0.15) is 12.4 Å². The molecule has 0 unspecified atom stereocenters. The van der Waals surface area contributed by atoms with Crippen LogP contribution in [0.3, 0.4) is 0 Å². The summed E-state index contributed by atoms with van der Waals surface area (Å²) in [7, 11) is 0. The Kier molecular flexibility index (Phi) is 6.60. The second-order valence-electron chi connectivity index (χ2n) is 7.75. The molecule has 0 aliphatic carbocycles. The molecule has 0 radical (unpaired) electrons. The summed E-state index contributed by atoms with van der Waals surface area (Å²) in [6.45, 7) is 2.71. The lowest BCUT2D eigenvalue weighted by molar-refractivity contribution is -0.116. The van der Waals surface area contributed by atoms with Crippen molar-refractivity contribution in [1.82, 2.24) is 14.9 Å². The molecule has 1 heterocycles. The molecule has 6 nitrogen and oxygen atoms in total. The second kappa shape index (κ2) is 9.92. The summed E-state index contributed by atoms with van der Waals surface area (Å²) in [6.07, 6.45) is 1.38. The largest absolute Gasteiger partial charge is 0.352 e. The molecule has 0 aliphatic heterocycles. The predicted molar refractivity (Wildman–Crippen MR) is 127 cm³/mol. The highest BCUT2D eigenvalue weighted by Gasteiger charge is 2.14. The summed E-state index contributed by atoms with van der Waals surface area (Å²) >= 11 is 0. The third-order valence-electron chi connectivity index (χ3n) is 5.24. The molecule has 2 N–H and O–H groups in total. The Bertz CT molecular complexity index is 1230. The number of aryl methyl sites for hydroxylation is 2. The standard InChI is InChI=1S/C26H26N4O2/c1-19-9-7-12-21(17-19)28-25(31)18-30-23-14-6-5-13-22(23)29-24(30)15-8-16-27-26(32)20-10-3-2-4-11-20/h2-7,9-14,17H,8,15-16,18H2,1H3,(H,27,32)(H,28,31). The molecule has 0 fully saturated rings.